The van der Waals surface area contributed by atoms with Gasteiger partial charge in [-0.2, -0.15) is 10.1 Å². The maximum atomic E-state index is 13.4. The van der Waals surface area contributed by atoms with Gasteiger partial charge in [0.2, 0.25) is 5.95 Å². The zero-order valence-corrected chi connectivity index (χ0v) is 17.3. The number of benzene rings is 2. The zero-order chi connectivity index (χ0) is 21.3. The number of nitrogens with one attached hydrogen (secondary N) is 2. The molecule has 0 fully saturated rings. The maximum absolute atomic E-state index is 13.4. The van der Waals surface area contributed by atoms with Crippen molar-refractivity contribution in [3.63, 3.8) is 0 Å². The molecule has 3 aromatic rings. The summed E-state index contributed by atoms with van der Waals surface area (Å²) in [5.41, 5.74) is 3.77. The van der Waals surface area contributed by atoms with Crippen LogP contribution in [0.5, 0.6) is 11.5 Å². The largest absolute Gasteiger partial charge is 0.497 e. The van der Waals surface area contributed by atoms with Gasteiger partial charge in [0.15, 0.2) is 0 Å². The van der Waals surface area contributed by atoms with Crippen LogP contribution in [-0.2, 0) is 4.79 Å². The molecule has 4 rings (SSSR count). The number of aryl methyl sites for hydroxylation is 1. The van der Waals surface area contributed by atoms with Gasteiger partial charge in [-0.15, -0.1) is 0 Å². The van der Waals surface area contributed by atoms with Crippen molar-refractivity contribution >= 4 is 17.5 Å². The fraction of sp³-hybridized carbons (Fsp3) is 0.227. The number of aromatic nitrogens is 3. The van der Waals surface area contributed by atoms with Crippen LogP contribution >= 0.6 is 0 Å². The van der Waals surface area contributed by atoms with Crippen LogP contribution in [0.2, 0.25) is 0 Å². The fourth-order valence-corrected chi connectivity index (χ4v) is 3.59. The van der Waals surface area contributed by atoms with Gasteiger partial charge < -0.3 is 20.1 Å². The van der Waals surface area contributed by atoms with Gasteiger partial charge in [0.1, 0.15) is 23.9 Å². The van der Waals surface area contributed by atoms with Crippen molar-refractivity contribution in [2.75, 3.05) is 24.9 Å². The van der Waals surface area contributed by atoms with E-state index in [1.54, 1.807) is 18.9 Å². The highest BCUT2D eigenvalue weighted by molar-refractivity contribution is 6.06. The number of amides is 1. The van der Waals surface area contributed by atoms with E-state index in [1.165, 1.54) is 6.33 Å². The summed E-state index contributed by atoms with van der Waals surface area (Å²) in [7, 11) is 3.20. The molecule has 0 saturated carbocycles. The third kappa shape index (κ3) is 3.47. The van der Waals surface area contributed by atoms with Gasteiger partial charge in [-0.3, -0.25) is 4.79 Å². The second kappa shape index (κ2) is 7.90. The molecule has 8 heteroatoms. The van der Waals surface area contributed by atoms with Gasteiger partial charge in [0.05, 0.1) is 25.5 Å². The smallest absolute Gasteiger partial charge is 0.255 e. The molecular formula is C22H23N5O3. The molecule has 30 heavy (non-hydrogen) atoms. The van der Waals surface area contributed by atoms with Crippen LogP contribution in [0.15, 0.2) is 60.1 Å². The number of allylic oxidation sites excluding steroid dienone is 1. The second-order valence-electron chi connectivity index (χ2n) is 7.03. The number of fused-ring (bicyclic) bond motifs is 1. The Labute approximate surface area is 174 Å². The topological polar surface area (TPSA) is 90.3 Å². The monoisotopic (exact) mass is 405 g/mol. The molecule has 8 nitrogen and oxygen atoms in total. The first-order valence-corrected chi connectivity index (χ1v) is 9.49. The van der Waals surface area contributed by atoms with Crippen molar-refractivity contribution in [2.24, 2.45) is 0 Å². The molecule has 0 saturated heterocycles. The van der Waals surface area contributed by atoms with Crippen LogP contribution in [0, 0.1) is 6.92 Å². The van der Waals surface area contributed by atoms with Crippen molar-refractivity contribution in [3.05, 3.63) is 71.2 Å². The lowest BCUT2D eigenvalue weighted by Gasteiger charge is -2.29. The Kier molecular flexibility index (Phi) is 5.14. The maximum Gasteiger partial charge on any atom is 0.255 e. The summed E-state index contributed by atoms with van der Waals surface area (Å²) in [4.78, 5) is 17.7. The Morgan fingerprint density at radius 2 is 1.87 bits per heavy atom. The molecule has 1 amide bonds. The standard InChI is InChI=1S/C22H23N5O3/c1-13-5-10-18(30-4)17(11-13)26-21(28)19-14(2)25-22-23-12-24-27(22)20(19)15-6-8-16(29-3)9-7-15/h5-12,20H,1-4H3,(H,26,28)(H,23,24,25)/t20-/m0/s1. The predicted octanol–water partition coefficient (Wildman–Crippen LogP) is 3.53. The molecular weight excluding hydrogens is 382 g/mol. The lowest BCUT2D eigenvalue weighted by atomic mass is 9.95. The van der Waals surface area contributed by atoms with E-state index in [0.29, 0.717) is 28.7 Å². The van der Waals surface area contributed by atoms with Gasteiger partial charge >= 0.3 is 0 Å². The van der Waals surface area contributed by atoms with Crippen LogP contribution in [0.25, 0.3) is 0 Å². The summed E-state index contributed by atoms with van der Waals surface area (Å²) < 4.78 is 12.4. The van der Waals surface area contributed by atoms with Crippen LogP contribution in [-0.4, -0.2) is 34.9 Å². The molecule has 0 radical (unpaired) electrons. The summed E-state index contributed by atoms with van der Waals surface area (Å²) in [6, 6.07) is 12.8. The van der Waals surface area contributed by atoms with Crippen LogP contribution in [0.4, 0.5) is 11.6 Å². The molecule has 154 valence electrons. The number of methoxy groups -OCH3 is 2. The second-order valence-corrected chi connectivity index (χ2v) is 7.03. The van der Waals surface area contributed by atoms with E-state index in [4.69, 9.17) is 9.47 Å². The Balaban J connectivity index is 1.75. The van der Waals surface area contributed by atoms with E-state index < -0.39 is 6.04 Å². The number of hydrogen-bond donors (Lipinski definition) is 2. The van der Waals surface area contributed by atoms with Gasteiger partial charge in [-0.05, 0) is 49.2 Å². The Hall–Kier alpha value is -3.81. The van der Waals surface area contributed by atoms with E-state index in [-0.39, 0.29) is 5.91 Å². The first-order valence-electron chi connectivity index (χ1n) is 9.49. The summed E-state index contributed by atoms with van der Waals surface area (Å²) in [5, 5.41) is 10.5. The molecule has 1 aliphatic rings. The highest BCUT2D eigenvalue weighted by Gasteiger charge is 2.33. The normalized spacial score (nSPS) is 15.3. The van der Waals surface area contributed by atoms with Crippen molar-refractivity contribution in [3.8, 4) is 11.5 Å². The molecule has 0 bridgehead atoms. The van der Waals surface area contributed by atoms with Crippen molar-refractivity contribution in [1.82, 2.24) is 14.8 Å². The van der Waals surface area contributed by atoms with E-state index in [9.17, 15) is 4.79 Å². The Morgan fingerprint density at radius 3 is 2.57 bits per heavy atom. The number of carbonyl (C=O) groups is 1. The minimum Gasteiger partial charge on any atom is -0.497 e. The van der Waals surface area contributed by atoms with Crippen molar-refractivity contribution in [1.29, 1.82) is 0 Å². The van der Waals surface area contributed by atoms with Gasteiger partial charge in [-0.25, -0.2) is 4.68 Å². The van der Waals surface area contributed by atoms with E-state index >= 15 is 0 Å². The van der Waals surface area contributed by atoms with Gasteiger partial charge in [0.25, 0.3) is 5.91 Å². The molecule has 1 atom stereocenters. The molecule has 2 aromatic carbocycles. The molecule has 0 unspecified atom stereocenters. The highest BCUT2D eigenvalue weighted by Crippen LogP contribution is 2.36. The SMILES string of the molecule is COc1ccc([C@H]2C(C(=O)Nc3cc(C)ccc3OC)=C(C)Nc3ncnn32)cc1. The van der Waals surface area contributed by atoms with Gasteiger partial charge in [-0.1, -0.05) is 18.2 Å². The fourth-order valence-electron chi connectivity index (χ4n) is 3.59. The summed E-state index contributed by atoms with van der Waals surface area (Å²) in [6.45, 7) is 3.82. The number of hydrogen-bond acceptors (Lipinski definition) is 6. The quantitative estimate of drug-likeness (QED) is 0.675. The predicted molar refractivity (Wildman–Crippen MR) is 114 cm³/mol. The minimum atomic E-state index is -0.439. The van der Waals surface area contributed by atoms with Crippen molar-refractivity contribution in [2.45, 2.75) is 19.9 Å². The molecule has 0 aliphatic carbocycles. The number of rotatable bonds is 5. The van der Waals surface area contributed by atoms with Gasteiger partial charge in [0, 0.05) is 5.70 Å². The van der Waals surface area contributed by atoms with E-state index in [1.807, 2.05) is 56.3 Å². The van der Waals surface area contributed by atoms with Crippen molar-refractivity contribution < 1.29 is 14.3 Å². The average Bonchev–Trinajstić information content (AvgIpc) is 3.21. The lowest BCUT2D eigenvalue weighted by molar-refractivity contribution is -0.113. The molecule has 1 aromatic heterocycles. The average molecular weight is 405 g/mol. The molecule has 2 N–H and O–H groups in total. The minimum absolute atomic E-state index is 0.245. The van der Waals surface area contributed by atoms with E-state index in [0.717, 1.165) is 16.9 Å². The first-order chi connectivity index (χ1) is 14.5. The molecule has 0 spiro atoms. The third-order valence-electron chi connectivity index (χ3n) is 5.07. The van der Waals surface area contributed by atoms with E-state index in [2.05, 4.69) is 20.7 Å². The Bertz CT molecular complexity index is 1120. The molecule has 1 aliphatic heterocycles. The lowest BCUT2D eigenvalue weighted by Crippen LogP contribution is -2.31. The summed E-state index contributed by atoms with van der Waals surface area (Å²) in [5.74, 6) is 1.67. The first kappa shape index (κ1) is 19.5. The molecule has 2 heterocycles. The Morgan fingerprint density at radius 1 is 1.10 bits per heavy atom. The number of ether oxygens (including phenoxy) is 2. The number of nitrogens with zero attached hydrogens (tertiary/aromatic N) is 3. The van der Waals surface area contributed by atoms with Crippen LogP contribution < -0.4 is 20.1 Å². The van der Waals surface area contributed by atoms with Crippen LogP contribution in [0.3, 0.4) is 0 Å². The highest BCUT2D eigenvalue weighted by atomic mass is 16.5. The zero-order valence-electron chi connectivity index (χ0n) is 17.3. The van der Waals surface area contributed by atoms with Crippen LogP contribution in [0.1, 0.15) is 24.1 Å². The third-order valence-corrected chi connectivity index (χ3v) is 5.07. The summed E-state index contributed by atoms with van der Waals surface area (Å²) >= 11 is 0. The number of carbonyl (C=O) groups excluding carboxylic acids is 1. The summed E-state index contributed by atoms with van der Waals surface area (Å²) in [6.07, 6.45) is 1.47. The number of anilines is 2.